The van der Waals surface area contributed by atoms with Gasteiger partial charge in [-0.1, -0.05) is 24.1 Å². The number of phenolic OH excluding ortho intramolecular Hbond substituents is 1. The Morgan fingerprint density at radius 3 is 2.91 bits per heavy atom. The summed E-state index contributed by atoms with van der Waals surface area (Å²) in [6.07, 6.45) is 12.1. The first-order valence-corrected chi connectivity index (χ1v) is 16.1. The number of benzene rings is 2. The van der Waals surface area contributed by atoms with Crippen LogP contribution in [0.15, 0.2) is 42.6 Å². The van der Waals surface area contributed by atoms with Crippen LogP contribution in [0.2, 0.25) is 0 Å². The third kappa shape index (κ3) is 4.89. The fourth-order valence-electron chi connectivity index (χ4n) is 8.50. The topological polar surface area (TPSA) is 95.9 Å². The van der Waals surface area contributed by atoms with Gasteiger partial charge >= 0.3 is 6.01 Å². The van der Waals surface area contributed by atoms with E-state index in [0.29, 0.717) is 42.9 Å². The Morgan fingerprint density at radius 2 is 2.09 bits per heavy atom. The van der Waals surface area contributed by atoms with E-state index < -0.39 is 11.6 Å². The van der Waals surface area contributed by atoms with Crippen LogP contribution in [0.4, 0.5) is 14.6 Å². The minimum atomic E-state index is -0.741. The van der Waals surface area contributed by atoms with Crippen molar-refractivity contribution in [1.29, 1.82) is 0 Å². The first kappa shape index (κ1) is 30.0. The van der Waals surface area contributed by atoms with E-state index in [2.05, 4.69) is 37.6 Å². The molecule has 4 saturated heterocycles. The molecule has 8 rings (SSSR count). The van der Waals surface area contributed by atoms with Crippen molar-refractivity contribution in [3.63, 3.8) is 0 Å². The lowest BCUT2D eigenvalue weighted by Crippen LogP contribution is -2.61. The highest BCUT2D eigenvalue weighted by Gasteiger charge is 2.47. The molecule has 2 bridgehead atoms. The van der Waals surface area contributed by atoms with E-state index >= 15 is 4.39 Å². The van der Waals surface area contributed by atoms with Gasteiger partial charge in [-0.2, -0.15) is 9.97 Å². The van der Waals surface area contributed by atoms with Crippen molar-refractivity contribution in [3.05, 3.63) is 59.8 Å². The van der Waals surface area contributed by atoms with E-state index in [9.17, 15) is 9.50 Å². The molecule has 0 saturated carbocycles. The molecular weight excluding hydrogens is 602 g/mol. The normalized spacial score (nSPS) is 25.5. The molecule has 0 radical (unpaired) electrons. The van der Waals surface area contributed by atoms with Crippen LogP contribution in [-0.4, -0.2) is 88.6 Å². The molecule has 6 heterocycles. The highest BCUT2D eigenvalue weighted by atomic mass is 19.1. The molecular formula is C36H36F2N6O3. The molecule has 2 unspecified atom stereocenters. The fraction of sp³-hybridized carbons (Fsp3) is 0.417. The quantitative estimate of drug-likeness (QED) is 0.216. The molecule has 0 amide bonds. The molecule has 47 heavy (non-hydrogen) atoms. The van der Waals surface area contributed by atoms with Crippen molar-refractivity contribution >= 4 is 27.5 Å². The first-order valence-electron chi connectivity index (χ1n) is 16.1. The average Bonchev–Trinajstić information content (AvgIpc) is 3.68. The number of halogens is 2. The lowest BCUT2D eigenvalue weighted by Gasteiger charge is -2.41. The zero-order valence-corrected chi connectivity index (χ0v) is 26.3. The summed E-state index contributed by atoms with van der Waals surface area (Å²) in [6, 6.07) is 5.83. The maximum absolute atomic E-state index is 16.9. The van der Waals surface area contributed by atoms with E-state index in [1.165, 1.54) is 29.8 Å². The van der Waals surface area contributed by atoms with Crippen LogP contribution in [-0.2, 0) is 4.74 Å². The number of pyridine rings is 1. The van der Waals surface area contributed by atoms with Crippen LogP contribution in [0.1, 0.15) is 37.7 Å². The minimum Gasteiger partial charge on any atom is -0.508 e. The zero-order valence-electron chi connectivity index (χ0n) is 26.3. The highest BCUT2D eigenvalue weighted by Crippen LogP contribution is 2.43. The van der Waals surface area contributed by atoms with E-state index in [4.69, 9.17) is 20.9 Å². The van der Waals surface area contributed by atoms with Crippen LogP contribution in [0.25, 0.3) is 32.9 Å². The molecule has 4 fully saturated rings. The van der Waals surface area contributed by atoms with Crippen LogP contribution in [0, 0.1) is 24.0 Å². The Bertz CT molecular complexity index is 1990. The predicted molar refractivity (Wildman–Crippen MR) is 176 cm³/mol. The van der Waals surface area contributed by atoms with Crippen molar-refractivity contribution in [3.8, 4) is 35.4 Å². The van der Waals surface area contributed by atoms with Crippen molar-refractivity contribution in [2.75, 3.05) is 51.4 Å². The molecule has 242 valence electrons. The number of fused-ring (bicyclic) bond motifs is 5. The smallest absolute Gasteiger partial charge is 0.319 e. The van der Waals surface area contributed by atoms with Crippen LogP contribution in [0.3, 0.4) is 0 Å². The minimum absolute atomic E-state index is 0.0217. The number of terminal acetylenes is 1. The molecule has 0 aliphatic carbocycles. The van der Waals surface area contributed by atoms with Crippen LogP contribution in [0.5, 0.6) is 11.8 Å². The summed E-state index contributed by atoms with van der Waals surface area (Å²) < 4.78 is 43.8. The maximum Gasteiger partial charge on any atom is 0.319 e. The monoisotopic (exact) mass is 638 g/mol. The number of ether oxygens (including phenoxy) is 2. The van der Waals surface area contributed by atoms with Crippen LogP contribution < -0.4 is 15.0 Å². The number of phenols is 1. The Balaban J connectivity index is 1.28. The highest BCUT2D eigenvalue weighted by molar-refractivity contribution is 6.03. The van der Waals surface area contributed by atoms with Gasteiger partial charge in [-0.25, -0.2) is 8.78 Å². The molecule has 2 aromatic carbocycles. The summed E-state index contributed by atoms with van der Waals surface area (Å²) in [4.78, 5) is 18.7. The summed E-state index contributed by atoms with van der Waals surface area (Å²) in [5, 5.41) is 15.5. The third-order valence-corrected chi connectivity index (χ3v) is 10.4. The molecule has 11 heteroatoms. The van der Waals surface area contributed by atoms with Gasteiger partial charge in [0.05, 0.1) is 28.6 Å². The lowest BCUT2D eigenvalue weighted by molar-refractivity contribution is 0.107. The van der Waals surface area contributed by atoms with Gasteiger partial charge in [-0.15, -0.1) is 6.42 Å². The number of anilines is 1. The van der Waals surface area contributed by atoms with Gasteiger partial charge in [0.2, 0.25) is 0 Å². The maximum atomic E-state index is 16.9. The molecule has 4 aliphatic heterocycles. The number of aromatic hydroxyl groups is 1. The Labute approximate surface area is 271 Å². The Kier molecular flexibility index (Phi) is 7.09. The summed E-state index contributed by atoms with van der Waals surface area (Å²) in [6.45, 7) is 8.22. The molecule has 4 aliphatic rings. The number of nitrogens with one attached hydrogen (secondary N) is 1. The lowest BCUT2D eigenvalue weighted by atomic mass is 9.94. The van der Waals surface area contributed by atoms with Crippen molar-refractivity contribution < 1.29 is 23.4 Å². The second kappa shape index (κ2) is 11.1. The number of nitrogens with zero attached hydrogens (tertiary/aromatic N) is 5. The number of hydrogen-bond acceptors (Lipinski definition) is 9. The molecule has 2 aromatic heterocycles. The second-order valence-electron chi connectivity index (χ2n) is 13.6. The van der Waals surface area contributed by atoms with Gasteiger partial charge in [-0.05, 0) is 62.2 Å². The van der Waals surface area contributed by atoms with Crippen molar-refractivity contribution in [2.24, 2.45) is 0 Å². The molecule has 4 aromatic rings. The van der Waals surface area contributed by atoms with Crippen molar-refractivity contribution in [1.82, 2.24) is 25.2 Å². The van der Waals surface area contributed by atoms with Gasteiger partial charge < -0.3 is 24.8 Å². The largest absolute Gasteiger partial charge is 0.508 e. The van der Waals surface area contributed by atoms with Crippen LogP contribution >= 0.6 is 0 Å². The van der Waals surface area contributed by atoms with E-state index in [-0.39, 0.29) is 56.6 Å². The van der Waals surface area contributed by atoms with Gasteiger partial charge in [0.1, 0.15) is 35.2 Å². The standard InChI is InChI=1S/C36H36F2N6O3/c1-4-25-28(37)7-6-22-12-24(45)13-26(29(22)25)31-30(38)32-27(15-39-31)33(43-17-23-8-10-35(18-43,42-23)19-46-3)41-34(40-32)47-20-36-9-5-11-44(36)16-21(2)14-36/h1,6-7,12-13,15,23,42,45H,2,5,8-11,14,16-20H2,3H3/t23?,35?,36-/m0/s1. The average molecular weight is 639 g/mol. The molecule has 0 spiro atoms. The number of piperazine rings is 1. The SMILES string of the molecule is C#Cc1c(F)ccc2cc(O)cc(-c3ncc4c(N5CC6CCC(COC)(C5)N6)nc(OC[C@@]56CCCN5CC(=C)C6)nc4c3F)c12. The van der Waals surface area contributed by atoms with Crippen molar-refractivity contribution in [2.45, 2.75) is 49.2 Å². The Hall–Kier alpha value is -4.37. The van der Waals surface area contributed by atoms with E-state index in [0.717, 1.165) is 45.2 Å². The van der Waals surface area contributed by atoms with Gasteiger partial charge in [0, 0.05) is 49.9 Å². The van der Waals surface area contributed by atoms with E-state index in [1.807, 2.05) is 0 Å². The Morgan fingerprint density at radius 1 is 1.21 bits per heavy atom. The number of aromatic nitrogens is 3. The van der Waals surface area contributed by atoms with Gasteiger partial charge in [-0.3, -0.25) is 9.88 Å². The van der Waals surface area contributed by atoms with Gasteiger partial charge in [0.25, 0.3) is 0 Å². The molecule has 2 N–H and O–H groups in total. The van der Waals surface area contributed by atoms with Gasteiger partial charge in [0.15, 0.2) is 5.82 Å². The molecule has 9 nitrogen and oxygen atoms in total. The summed E-state index contributed by atoms with van der Waals surface area (Å²) in [5.41, 5.74) is 0.781. The predicted octanol–water partition coefficient (Wildman–Crippen LogP) is 4.94. The number of methoxy groups -OCH3 is 1. The number of rotatable bonds is 7. The number of hydrogen-bond donors (Lipinski definition) is 2. The fourth-order valence-corrected chi connectivity index (χ4v) is 8.50. The third-order valence-electron chi connectivity index (χ3n) is 10.4. The summed E-state index contributed by atoms with van der Waals surface area (Å²) >= 11 is 0. The van der Waals surface area contributed by atoms with E-state index in [1.54, 1.807) is 13.3 Å². The zero-order chi connectivity index (χ0) is 32.5. The summed E-state index contributed by atoms with van der Waals surface area (Å²) in [7, 11) is 1.70. The summed E-state index contributed by atoms with van der Waals surface area (Å²) in [5.74, 6) is 1.43. The first-order chi connectivity index (χ1) is 22.7. The molecule has 3 atom stereocenters. The second-order valence-corrected chi connectivity index (χ2v) is 13.6.